The average molecular weight is 432 g/mol. The lowest BCUT2D eigenvalue weighted by atomic mass is 10.0. The smallest absolute Gasteiger partial charge is 0.240 e. The van der Waals surface area contributed by atoms with E-state index in [4.69, 9.17) is 16.3 Å². The lowest BCUT2D eigenvalue weighted by molar-refractivity contribution is -0.117. The third kappa shape index (κ3) is 5.35. The average Bonchev–Trinajstić information content (AvgIpc) is 3.45. The Kier molecular flexibility index (Phi) is 6.43. The number of aromatic amines is 1. The van der Waals surface area contributed by atoms with Crippen molar-refractivity contribution in [2.24, 2.45) is 0 Å². The fourth-order valence-electron chi connectivity index (χ4n) is 3.41. The van der Waals surface area contributed by atoms with Crippen LogP contribution in [0.2, 0.25) is 5.02 Å². The summed E-state index contributed by atoms with van der Waals surface area (Å²) in [5.74, 6) is 0.994. The molecule has 0 aliphatic carbocycles. The summed E-state index contributed by atoms with van der Waals surface area (Å²) in [4.78, 5) is 18.4. The molecule has 3 aromatic rings. The molecule has 0 radical (unpaired) electrons. The highest BCUT2D eigenvalue weighted by Gasteiger charge is 2.27. The first-order valence-corrected chi connectivity index (χ1v) is 10.8. The van der Waals surface area contributed by atoms with E-state index in [0.29, 0.717) is 35.0 Å². The van der Waals surface area contributed by atoms with Gasteiger partial charge in [0, 0.05) is 36.2 Å². The second-order valence-electron chi connectivity index (χ2n) is 6.95. The number of para-hydroxylation sites is 1. The van der Waals surface area contributed by atoms with Crippen LogP contribution in [0.4, 0.5) is 5.13 Å². The molecule has 9 heteroatoms. The van der Waals surface area contributed by atoms with Gasteiger partial charge >= 0.3 is 0 Å². The van der Waals surface area contributed by atoms with Crippen molar-refractivity contribution in [3.8, 4) is 5.75 Å². The first-order valence-electron chi connectivity index (χ1n) is 9.50. The Balaban J connectivity index is 1.23. The standard InChI is InChI=1S/C20H22ClN5O2S/c21-16-3-1-2-4-18(16)28-9-6-15-11-17(25-24-15)14-5-8-26(12-14)13-19(27)23-20-22-7-10-29-20/h1-4,7,10-11,14H,5-6,8-9,12-13H2,(H,24,25)(H,22,23,27)/t14-/m1/s1. The normalized spacial score (nSPS) is 16.8. The van der Waals surface area contributed by atoms with Crippen LogP contribution in [-0.4, -0.2) is 52.2 Å². The Hall–Kier alpha value is -2.42. The van der Waals surface area contributed by atoms with Crippen LogP contribution >= 0.6 is 22.9 Å². The second-order valence-corrected chi connectivity index (χ2v) is 8.25. The predicted octanol–water partition coefficient (Wildman–Crippen LogP) is 3.57. The SMILES string of the molecule is O=C(CN1CC[C@@H](c2cc(CCOc3ccccc3Cl)[nH]n2)C1)Nc1nccs1. The summed E-state index contributed by atoms with van der Waals surface area (Å²) in [7, 11) is 0. The molecule has 2 N–H and O–H groups in total. The van der Waals surface area contributed by atoms with Gasteiger partial charge in [-0.15, -0.1) is 11.3 Å². The third-order valence-electron chi connectivity index (χ3n) is 4.85. The summed E-state index contributed by atoms with van der Waals surface area (Å²) < 4.78 is 5.74. The number of nitrogens with one attached hydrogen (secondary N) is 2. The van der Waals surface area contributed by atoms with Gasteiger partial charge in [0.05, 0.1) is 23.9 Å². The summed E-state index contributed by atoms with van der Waals surface area (Å²) in [6.45, 7) is 2.61. The number of aromatic nitrogens is 3. The first kappa shape index (κ1) is 19.9. The van der Waals surface area contributed by atoms with Gasteiger partial charge in [-0.25, -0.2) is 4.98 Å². The fourth-order valence-corrected chi connectivity index (χ4v) is 4.15. The Morgan fingerprint density at radius 1 is 1.41 bits per heavy atom. The molecule has 4 rings (SSSR count). The van der Waals surface area contributed by atoms with Crippen LogP contribution in [0.3, 0.4) is 0 Å². The van der Waals surface area contributed by atoms with Crippen molar-refractivity contribution in [2.75, 3.05) is 31.6 Å². The predicted molar refractivity (Wildman–Crippen MR) is 114 cm³/mol. The van der Waals surface area contributed by atoms with E-state index in [1.165, 1.54) is 11.3 Å². The minimum Gasteiger partial charge on any atom is -0.492 e. The van der Waals surface area contributed by atoms with Crippen LogP contribution in [0, 0.1) is 0 Å². The molecule has 1 atom stereocenters. The second kappa shape index (κ2) is 9.39. The number of ether oxygens (including phenoxy) is 1. The molecule has 152 valence electrons. The molecule has 2 aromatic heterocycles. The van der Waals surface area contributed by atoms with Crippen LogP contribution in [-0.2, 0) is 11.2 Å². The zero-order chi connectivity index (χ0) is 20.1. The van der Waals surface area contributed by atoms with Gasteiger partial charge < -0.3 is 10.1 Å². The highest BCUT2D eigenvalue weighted by atomic mass is 35.5. The number of carbonyl (C=O) groups excluding carboxylic acids is 1. The molecular weight excluding hydrogens is 410 g/mol. The van der Waals surface area contributed by atoms with Gasteiger partial charge in [-0.2, -0.15) is 5.10 Å². The van der Waals surface area contributed by atoms with Crippen molar-refractivity contribution in [1.82, 2.24) is 20.1 Å². The number of thiazole rings is 1. The topological polar surface area (TPSA) is 83.1 Å². The number of hydrogen-bond acceptors (Lipinski definition) is 6. The molecular formula is C20H22ClN5O2S. The summed E-state index contributed by atoms with van der Waals surface area (Å²) in [5, 5.41) is 13.5. The lowest BCUT2D eigenvalue weighted by Gasteiger charge is -2.14. The van der Waals surface area contributed by atoms with Crippen molar-refractivity contribution in [1.29, 1.82) is 0 Å². The summed E-state index contributed by atoms with van der Waals surface area (Å²) in [6, 6.07) is 9.55. The van der Waals surface area contributed by atoms with E-state index in [1.54, 1.807) is 6.20 Å². The van der Waals surface area contributed by atoms with Gasteiger partial charge in [-0.3, -0.25) is 14.8 Å². The van der Waals surface area contributed by atoms with Crippen molar-refractivity contribution >= 4 is 34.0 Å². The van der Waals surface area contributed by atoms with Crippen molar-refractivity contribution in [3.05, 3.63) is 58.3 Å². The summed E-state index contributed by atoms with van der Waals surface area (Å²) in [5.41, 5.74) is 2.08. The van der Waals surface area contributed by atoms with Crippen molar-refractivity contribution < 1.29 is 9.53 Å². The number of halogens is 1. The highest BCUT2D eigenvalue weighted by Crippen LogP contribution is 2.27. The molecule has 7 nitrogen and oxygen atoms in total. The lowest BCUT2D eigenvalue weighted by Crippen LogP contribution is -2.31. The van der Waals surface area contributed by atoms with Gasteiger partial charge in [0.1, 0.15) is 5.75 Å². The maximum atomic E-state index is 12.1. The van der Waals surface area contributed by atoms with E-state index in [1.807, 2.05) is 29.6 Å². The molecule has 0 saturated carbocycles. The molecule has 1 aliphatic rings. The number of H-pyrrole nitrogens is 1. The molecule has 1 saturated heterocycles. The van der Waals surface area contributed by atoms with Gasteiger partial charge in [-0.05, 0) is 31.2 Å². The highest BCUT2D eigenvalue weighted by molar-refractivity contribution is 7.13. The Morgan fingerprint density at radius 3 is 3.14 bits per heavy atom. The minimum atomic E-state index is -0.0277. The number of carbonyl (C=O) groups is 1. The minimum absolute atomic E-state index is 0.0277. The van der Waals surface area contributed by atoms with Gasteiger partial charge in [0.2, 0.25) is 5.91 Å². The van der Waals surface area contributed by atoms with Crippen LogP contribution in [0.1, 0.15) is 23.7 Å². The maximum absolute atomic E-state index is 12.1. The Morgan fingerprint density at radius 2 is 2.31 bits per heavy atom. The van der Waals surface area contributed by atoms with Crippen molar-refractivity contribution in [2.45, 2.75) is 18.8 Å². The number of benzene rings is 1. The number of rotatable bonds is 8. The van der Waals surface area contributed by atoms with E-state index in [2.05, 4.69) is 31.5 Å². The van der Waals surface area contributed by atoms with E-state index >= 15 is 0 Å². The van der Waals surface area contributed by atoms with Crippen LogP contribution in [0.25, 0.3) is 0 Å². The number of hydrogen-bond donors (Lipinski definition) is 2. The molecule has 0 bridgehead atoms. The summed E-state index contributed by atoms with van der Waals surface area (Å²) >= 11 is 7.53. The molecule has 1 aromatic carbocycles. The monoisotopic (exact) mass is 431 g/mol. The molecule has 0 unspecified atom stereocenters. The van der Waals surface area contributed by atoms with Crippen LogP contribution in [0.5, 0.6) is 5.75 Å². The van der Waals surface area contributed by atoms with Gasteiger partial charge in [-0.1, -0.05) is 23.7 Å². The fraction of sp³-hybridized carbons (Fsp3) is 0.350. The number of amides is 1. The van der Waals surface area contributed by atoms with Gasteiger partial charge in [0.15, 0.2) is 5.13 Å². The maximum Gasteiger partial charge on any atom is 0.240 e. The molecule has 0 spiro atoms. The molecule has 29 heavy (non-hydrogen) atoms. The van der Waals surface area contributed by atoms with E-state index in [0.717, 1.165) is 37.3 Å². The first-order chi connectivity index (χ1) is 14.2. The Bertz CT molecular complexity index is 946. The summed E-state index contributed by atoms with van der Waals surface area (Å²) in [6.07, 6.45) is 3.40. The van der Waals surface area contributed by atoms with Crippen molar-refractivity contribution in [3.63, 3.8) is 0 Å². The molecule has 1 fully saturated rings. The van der Waals surface area contributed by atoms with Gasteiger partial charge in [0.25, 0.3) is 0 Å². The molecule has 1 aliphatic heterocycles. The van der Waals surface area contributed by atoms with Crippen LogP contribution < -0.4 is 10.1 Å². The Labute approximate surface area is 178 Å². The number of anilines is 1. The largest absolute Gasteiger partial charge is 0.492 e. The molecule has 1 amide bonds. The third-order valence-corrected chi connectivity index (χ3v) is 5.85. The molecule has 3 heterocycles. The zero-order valence-electron chi connectivity index (χ0n) is 15.8. The number of likely N-dealkylation sites (tertiary alicyclic amines) is 1. The van der Waals surface area contributed by atoms with Crippen LogP contribution in [0.15, 0.2) is 41.9 Å². The zero-order valence-corrected chi connectivity index (χ0v) is 17.4. The van der Waals surface area contributed by atoms with E-state index in [9.17, 15) is 4.79 Å². The van der Waals surface area contributed by atoms with E-state index < -0.39 is 0 Å². The number of nitrogens with zero attached hydrogens (tertiary/aromatic N) is 3. The quantitative estimate of drug-likeness (QED) is 0.569. The van der Waals surface area contributed by atoms with E-state index in [-0.39, 0.29) is 5.91 Å².